The quantitative estimate of drug-likeness (QED) is 0.758. The Kier molecular flexibility index (Phi) is 5.37. The summed E-state index contributed by atoms with van der Waals surface area (Å²) in [5.41, 5.74) is -1.14. The second-order valence-electron chi connectivity index (χ2n) is 3.94. The van der Waals surface area contributed by atoms with Crippen LogP contribution >= 0.6 is 0 Å². The topological polar surface area (TPSA) is 43.4 Å². The van der Waals surface area contributed by atoms with Crippen LogP contribution in [0.2, 0.25) is 0 Å². The molecular formula is C12H15F3O3S. The van der Waals surface area contributed by atoms with Gasteiger partial charge in [-0.15, -0.1) is 0 Å². The number of halogens is 3. The van der Waals surface area contributed by atoms with Gasteiger partial charge in [-0.05, 0) is 18.6 Å². The minimum Gasteiger partial charge on any atom is -0.381 e. The van der Waals surface area contributed by atoms with E-state index in [2.05, 4.69) is 0 Å². The molecule has 1 aromatic rings. The molecule has 0 amide bonds. The highest BCUT2D eigenvalue weighted by molar-refractivity contribution is 7.90. The summed E-state index contributed by atoms with van der Waals surface area (Å²) in [4.78, 5) is 0. The zero-order chi connectivity index (χ0) is 14.5. The first-order valence-corrected chi connectivity index (χ1v) is 7.51. The molecule has 0 unspecified atom stereocenters. The molecule has 0 heterocycles. The lowest BCUT2D eigenvalue weighted by molar-refractivity contribution is -0.138. The second kappa shape index (κ2) is 6.38. The van der Waals surface area contributed by atoms with Crippen molar-refractivity contribution in [1.82, 2.24) is 0 Å². The third-order valence-electron chi connectivity index (χ3n) is 2.44. The van der Waals surface area contributed by atoms with E-state index in [4.69, 9.17) is 4.74 Å². The lowest BCUT2D eigenvalue weighted by Crippen LogP contribution is -2.17. The highest BCUT2D eigenvalue weighted by Gasteiger charge is 2.33. The van der Waals surface area contributed by atoms with Crippen LogP contribution in [0.5, 0.6) is 0 Å². The van der Waals surface area contributed by atoms with Crippen LogP contribution in [-0.4, -0.2) is 27.4 Å². The normalized spacial score (nSPS) is 12.6. The predicted molar refractivity (Wildman–Crippen MR) is 65.4 cm³/mol. The number of alkyl halides is 3. The molecule has 0 fully saturated rings. The Morgan fingerprint density at radius 3 is 2.42 bits per heavy atom. The lowest BCUT2D eigenvalue weighted by atomic mass is 10.1. The number of sulfone groups is 1. The highest BCUT2D eigenvalue weighted by Crippen LogP contribution is 2.32. The molecule has 108 valence electrons. The third-order valence-corrected chi connectivity index (χ3v) is 3.98. The van der Waals surface area contributed by atoms with Crippen LogP contribution in [-0.2, 0) is 26.5 Å². The van der Waals surface area contributed by atoms with Crippen molar-refractivity contribution in [3.8, 4) is 0 Å². The minimum atomic E-state index is -4.55. The maximum absolute atomic E-state index is 12.7. The molecule has 0 aromatic heterocycles. The van der Waals surface area contributed by atoms with Crippen molar-refractivity contribution in [3.63, 3.8) is 0 Å². The Balaban J connectivity index is 2.88. The minimum absolute atomic E-state index is 0.00693. The van der Waals surface area contributed by atoms with Crippen molar-refractivity contribution in [2.24, 2.45) is 0 Å². The van der Waals surface area contributed by atoms with E-state index < -0.39 is 27.3 Å². The molecule has 19 heavy (non-hydrogen) atoms. The molecule has 0 N–H and O–H groups in total. The molecule has 3 nitrogen and oxygen atoms in total. The first kappa shape index (κ1) is 16.0. The first-order chi connectivity index (χ1) is 8.76. The molecule has 0 saturated carbocycles. The molecule has 0 bridgehead atoms. The van der Waals surface area contributed by atoms with Gasteiger partial charge in [0.1, 0.15) is 0 Å². The standard InChI is InChI=1S/C12H15F3O3S/c1-2-18-7-8-19(16,17)9-10-5-3-4-6-11(10)12(13,14)15/h3-6H,2,7-9H2,1H3. The summed E-state index contributed by atoms with van der Waals surface area (Å²) >= 11 is 0. The highest BCUT2D eigenvalue weighted by atomic mass is 32.2. The Bertz CT molecular complexity index is 509. The van der Waals surface area contributed by atoms with Crippen molar-refractivity contribution in [2.75, 3.05) is 19.0 Å². The van der Waals surface area contributed by atoms with Gasteiger partial charge in [0.05, 0.1) is 23.7 Å². The molecular weight excluding hydrogens is 281 g/mol. The average molecular weight is 296 g/mol. The van der Waals surface area contributed by atoms with Crippen LogP contribution in [0.15, 0.2) is 24.3 Å². The number of hydrogen-bond donors (Lipinski definition) is 0. The van der Waals surface area contributed by atoms with Crippen molar-refractivity contribution >= 4 is 9.84 Å². The molecule has 0 atom stereocenters. The average Bonchev–Trinajstić information content (AvgIpc) is 2.27. The van der Waals surface area contributed by atoms with Gasteiger partial charge in [-0.3, -0.25) is 0 Å². The van der Waals surface area contributed by atoms with E-state index in [1.807, 2.05) is 0 Å². The molecule has 1 aromatic carbocycles. The predicted octanol–water partition coefficient (Wildman–Crippen LogP) is 2.66. The summed E-state index contributed by atoms with van der Waals surface area (Å²) in [6.45, 7) is 2.08. The SMILES string of the molecule is CCOCCS(=O)(=O)Cc1ccccc1C(F)(F)F. The molecule has 1 rings (SSSR count). The Labute approximate surface area is 110 Å². The Morgan fingerprint density at radius 2 is 1.84 bits per heavy atom. The molecule has 0 aliphatic rings. The van der Waals surface area contributed by atoms with Gasteiger partial charge in [-0.1, -0.05) is 18.2 Å². The van der Waals surface area contributed by atoms with Gasteiger partial charge in [0.2, 0.25) is 0 Å². The summed E-state index contributed by atoms with van der Waals surface area (Å²) in [6, 6.07) is 4.69. The van der Waals surface area contributed by atoms with Gasteiger partial charge in [-0.25, -0.2) is 8.42 Å². The van der Waals surface area contributed by atoms with E-state index in [1.54, 1.807) is 6.92 Å². The van der Waals surface area contributed by atoms with Crippen LogP contribution < -0.4 is 0 Å². The largest absolute Gasteiger partial charge is 0.416 e. The van der Waals surface area contributed by atoms with Crippen LogP contribution in [0.1, 0.15) is 18.1 Å². The Morgan fingerprint density at radius 1 is 1.21 bits per heavy atom. The molecule has 0 aliphatic carbocycles. The van der Waals surface area contributed by atoms with E-state index in [0.717, 1.165) is 6.07 Å². The summed E-state index contributed by atoms with van der Waals surface area (Å²) in [7, 11) is -3.61. The van der Waals surface area contributed by atoms with Crippen molar-refractivity contribution in [3.05, 3.63) is 35.4 Å². The fraction of sp³-hybridized carbons (Fsp3) is 0.500. The van der Waals surface area contributed by atoms with Crippen molar-refractivity contribution in [1.29, 1.82) is 0 Å². The molecule has 0 saturated heterocycles. The van der Waals surface area contributed by atoms with Crippen molar-refractivity contribution in [2.45, 2.75) is 18.9 Å². The van der Waals surface area contributed by atoms with Crippen LogP contribution in [0.25, 0.3) is 0 Å². The van der Waals surface area contributed by atoms with E-state index in [9.17, 15) is 21.6 Å². The first-order valence-electron chi connectivity index (χ1n) is 5.69. The molecule has 0 spiro atoms. The smallest absolute Gasteiger partial charge is 0.381 e. The van der Waals surface area contributed by atoms with Gasteiger partial charge in [0.25, 0.3) is 0 Å². The van der Waals surface area contributed by atoms with E-state index in [-0.39, 0.29) is 17.9 Å². The van der Waals surface area contributed by atoms with Crippen LogP contribution in [0, 0.1) is 0 Å². The zero-order valence-electron chi connectivity index (χ0n) is 10.4. The van der Waals surface area contributed by atoms with Gasteiger partial charge in [0.15, 0.2) is 9.84 Å². The fourth-order valence-corrected chi connectivity index (χ4v) is 2.80. The molecule has 0 aliphatic heterocycles. The van der Waals surface area contributed by atoms with Gasteiger partial charge < -0.3 is 4.74 Å². The summed E-state index contributed by atoms with van der Waals surface area (Å²) in [6.07, 6.45) is -4.55. The number of hydrogen-bond acceptors (Lipinski definition) is 3. The second-order valence-corrected chi connectivity index (χ2v) is 6.13. The van der Waals surface area contributed by atoms with Crippen LogP contribution in [0.4, 0.5) is 13.2 Å². The Hall–Kier alpha value is -1.08. The summed E-state index contributed by atoms with van der Waals surface area (Å²) < 4.78 is 66.4. The summed E-state index contributed by atoms with van der Waals surface area (Å²) in [5.74, 6) is -0.914. The van der Waals surface area contributed by atoms with Crippen molar-refractivity contribution < 1.29 is 26.3 Å². The van der Waals surface area contributed by atoms with E-state index in [1.165, 1.54) is 18.2 Å². The fourth-order valence-electron chi connectivity index (χ4n) is 1.56. The van der Waals surface area contributed by atoms with E-state index >= 15 is 0 Å². The number of benzene rings is 1. The maximum Gasteiger partial charge on any atom is 0.416 e. The molecule has 0 radical (unpaired) electrons. The third kappa shape index (κ3) is 5.20. The monoisotopic (exact) mass is 296 g/mol. The number of rotatable bonds is 6. The van der Waals surface area contributed by atoms with E-state index in [0.29, 0.717) is 6.61 Å². The number of ether oxygens (including phenoxy) is 1. The van der Waals surface area contributed by atoms with Crippen LogP contribution in [0.3, 0.4) is 0 Å². The van der Waals surface area contributed by atoms with Gasteiger partial charge >= 0.3 is 6.18 Å². The molecule has 7 heteroatoms. The maximum atomic E-state index is 12.7. The van der Waals surface area contributed by atoms with Gasteiger partial charge in [0, 0.05) is 6.61 Å². The lowest BCUT2D eigenvalue weighted by Gasteiger charge is -2.12. The zero-order valence-corrected chi connectivity index (χ0v) is 11.2. The van der Waals surface area contributed by atoms with Gasteiger partial charge in [-0.2, -0.15) is 13.2 Å². The summed E-state index contributed by atoms with van der Waals surface area (Å²) in [5, 5.41) is 0.